The summed E-state index contributed by atoms with van der Waals surface area (Å²) in [6.45, 7) is 6.77. The van der Waals surface area contributed by atoms with E-state index < -0.39 is 11.4 Å². The van der Waals surface area contributed by atoms with Gasteiger partial charge in [-0.3, -0.25) is 4.79 Å². The number of urea groups is 1. The number of nitrogens with zero attached hydrogens (tertiary/aromatic N) is 2. The number of carboxylic acid groups (broad SMARTS) is 1. The van der Waals surface area contributed by atoms with Gasteiger partial charge < -0.3 is 14.9 Å². The topological polar surface area (TPSA) is 60.9 Å². The molecule has 5 nitrogen and oxygen atoms in total. The van der Waals surface area contributed by atoms with Crippen molar-refractivity contribution in [1.82, 2.24) is 9.80 Å². The zero-order valence-corrected chi connectivity index (χ0v) is 14.6. The molecule has 0 aromatic rings. The number of hydrogen-bond acceptors (Lipinski definition) is 3. The molecule has 2 unspecified atom stereocenters. The molecule has 21 heavy (non-hydrogen) atoms. The van der Waals surface area contributed by atoms with Gasteiger partial charge in [0, 0.05) is 31.9 Å². The van der Waals surface area contributed by atoms with Gasteiger partial charge in [-0.1, -0.05) is 20.8 Å². The van der Waals surface area contributed by atoms with Crippen molar-refractivity contribution in [2.24, 2.45) is 11.3 Å². The third kappa shape index (κ3) is 3.65. The molecule has 0 aromatic heterocycles. The predicted molar refractivity (Wildman–Crippen MR) is 86.7 cm³/mol. The number of aliphatic carboxylic acids is 1. The first-order chi connectivity index (χ1) is 9.80. The lowest BCUT2D eigenvalue weighted by molar-refractivity contribution is -0.150. The maximum atomic E-state index is 12.6. The maximum Gasteiger partial charge on any atom is 0.320 e. The smallest absolute Gasteiger partial charge is 0.320 e. The van der Waals surface area contributed by atoms with Crippen LogP contribution < -0.4 is 0 Å². The van der Waals surface area contributed by atoms with Crippen molar-refractivity contribution in [2.75, 3.05) is 32.1 Å². The normalized spacial score (nSPS) is 23.4. The summed E-state index contributed by atoms with van der Waals surface area (Å²) in [5.41, 5.74) is -0.794. The Morgan fingerprint density at radius 3 is 2.43 bits per heavy atom. The van der Waals surface area contributed by atoms with Crippen LogP contribution in [0.25, 0.3) is 0 Å². The number of rotatable bonds is 6. The number of amides is 2. The van der Waals surface area contributed by atoms with E-state index in [9.17, 15) is 14.7 Å². The molecular weight excluding hydrogens is 288 g/mol. The van der Waals surface area contributed by atoms with Gasteiger partial charge in [-0.2, -0.15) is 11.8 Å². The maximum absolute atomic E-state index is 12.6. The van der Waals surface area contributed by atoms with Crippen molar-refractivity contribution in [3.63, 3.8) is 0 Å². The van der Waals surface area contributed by atoms with Crippen LogP contribution in [0.4, 0.5) is 4.79 Å². The van der Waals surface area contributed by atoms with Crippen molar-refractivity contribution in [3.05, 3.63) is 0 Å². The SMILES string of the molecule is CCC(CSC)N(C)C(=O)N1CCC(C(=O)O)(C(C)C)C1. The van der Waals surface area contributed by atoms with Crippen molar-refractivity contribution < 1.29 is 14.7 Å². The molecule has 2 atom stereocenters. The largest absolute Gasteiger partial charge is 0.481 e. The molecule has 0 bridgehead atoms. The highest BCUT2D eigenvalue weighted by atomic mass is 32.2. The molecule has 1 rings (SSSR count). The van der Waals surface area contributed by atoms with Gasteiger partial charge in [-0.15, -0.1) is 0 Å². The van der Waals surface area contributed by atoms with Crippen LogP contribution in [0, 0.1) is 11.3 Å². The Labute approximate surface area is 132 Å². The van der Waals surface area contributed by atoms with Gasteiger partial charge in [-0.25, -0.2) is 4.79 Å². The van der Waals surface area contributed by atoms with Gasteiger partial charge in [0.15, 0.2) is 0 Å². The van der Waals surface area contributed by atoms with E-state index in [4.69, 9.17) is 0 Å². The van der Waals surface area contributed by atoms with Gasteiger partial charge in [-0.05, 0) is 25.0 Å². The van der Waals surface area contributed by atoms with Crippen LogP contribution in [0.5, 0.6) is 0 Å². The molecule has 1 N–H and O–H groups in total. The van der Waals surface area contributed by atoms with Crippen molar-refractivity contribution >= 4 is 23.8 Å². The van der Waals surface area contributed by atoms with Crippen LogP contribution in [0.15, 0.2) is 0 Å². The predicted octanol–water partition coefficient (Wildman–Crippen LogP) is 2.61. The molecule has 0 spiro atoms. The summed E-state index contributed by atoms with van der Waals surface area (Å²) in [6, 6.07) is 0.158. The molecule has 122 valence electrons. The van der Waals surface area contributed by atoms with Crippen LogP contribution in [-0.4, -0.2) is 65.1 Å². The zero-order chi connectivity index (χ0) is 16.2. The van der Waals surface area contributed by atoms with E-state index in [1.54, 1.807) is 21.6 Å². The van der Waals surface area contributed by atoms with E-state index in [0.717, 1.165) is 12.2 Å². The van der Waals surface area contributed by atoms with Gasteiger partial charge in [0.25, 0.3) is 0 Å². The molecule has 0 radical (unpaired) electrons. The Kier molecular flexibility index (Phi) is 6.38. The average molecular weight is 316 g/mol. The molecule has 1 heterocycles. The highest BCUT2D eigenvalue weighted by Crippen LogP contribution is 2.38. The molecule has 1 aliphatic rings. The Morgan fingerprint density at radius 1 is 1.43 bits per heavy atom. The Balaban J connectivity index is 2.80. The third-order valence-corrected chi connectivity index (χ3v) is 5.50. The van der Waals surface area contributed by atoms with Gasteiger partial charge in [0.2, 0.25) is 0 Å². The van der Waals surface area contributed by atoms with Crippen molar-refractivity contribution in [1.29, 1.82) is 0 Å². The highest BCUT2D eigenvalue weighted by Gasteiger charge is 2.49. The number of carboxylic acids is 1. The standard InChI is InChI=1S/C15H28N2O3S/c1-6-12(9-21-5)16(4)14(20)17-8-7-15(10-17,11(2)3)13(18)19/h11-12H,6-10H2,1-5H3,(H,18,19). The van der Waals surface area contributed by atoms with Gasteiger partial charge >= 0.3 is 12.0 Å². The summed E-state index contributed by atoms with van der Waals surface area (Å²) in [5, 5.41) is 9.56. The van der Waals surface area contributed by atoms with E-state index >= 15 is 0 Å². The van der Waals surface area contributed by atoms with E-state index in [0.29, 0.717) is 19.5 Å². The number of carbonyl (C=O) groups excluding carboxylic acids is 1. The second-order valence-corrected chi connectivity index (χ2v) is 7.11. The van der Waals surface area contributed by atoms with Crippen LogP contribution in [-0.2, 0) is 4.79 Å². The van der Waals surface area contributed by atoms with Crippen molar-refractivity contribution in [2.45, 2.75) is 39.7 Å². The lowest BCUT2D eigenvalue weighted by Gasteiger charge is -2.33. The molecule has 1 fully saturated rings. The lowest BCUT2D eigenvalue weighted by Crippen LogP contribution is -2.48. The number of likely N-dealkylation sites (tertiary alicyclic amines) is 1. The van der Waals surface area contributed by atoms with Crippen molar-refractivity contribution in [3.8, 4) is 0 Å². The zero-order valence-electron chi connectivity index (χ0n) is 13.8. The molecular formula is C15H28N2O3S. The second kappa shape index (κ2) is 7.38. The first-order valence-corrected chi connectivity index (χ1v) is 8.93. The highest BCUT2D eigenvalue weighted by molar-refractivity contribution is 7.98. The van der Waals surface area contributed by atoms with E-state index in [2.05, 4.69) is 6.92 Å². The molecule has 0 aromatic carbocycles. The van der Waals surface area contributed by atoms with Crippen LogP contribution in [0.2, 0.25) is 0 Å². The minimum atomic E-state index is -0.794. The van der Waals surface area contributed by atoms with Crippen LogP contribution in [0.1, 0.15) is 33.6 Å². The van der Waals surface area contributed by atoms with Crippen LogP contribution >= 0.6 is 11.8 Å². The van der Waals surface area contributed by atoms with E-state index in [1.165, 1.54) is 0 Å². The summed E-state index contributed by atoms with van der Waals surface area (Å²) in [7, 11) is 1.82. The monoisotopic (exact) mass is 316 g/mol. The summed E-state index contributed by atoms with van der Waals surface area (Å²) in [6.07, 6.45) is 3.48. The summed E-state index contributed by atoms with van der Waals surface area (Å²) in [5.74, 6) is 0.138. The lowest BCUT2D eigenvalue weighted by atomic mass is 9.76. The number of thioether (sulfide) groups is 1. The molecule has 6 heteroatoms. The minimum absolute atomic E-state index is 0.0197. The minimum Gasteiger partial charge on any atom is -0.481 e. The fourth-order valence-electron chi connectivity index (χ4n) is 2.96. The molecule has 0 aliphatic carbocycles. The summed E-state index contributed by atoms with van der Waals surface area (Å²) in [4.78, 5) is 27.7. The Morgan fingerprint density at radius 2 is 2.05 bits per heavy atom. The van der Waals surface area contributed by atoms with Crippen LogP contribution in [0.3, 0.4) is 0 Å². The summed E-state index contributed by atoms with van der Waals surface area (Å²) < 4.78 is 0. The first-order valence-electron chi connectivity index (χ1n) is 7.54. The fraction of sp³-hybridized carbons (Fsp3) is 0.867. The number of hydrogen-bond donors (Lipinski definition) is 1. The molecule has 0 saturated carbocycles. The van der Waals surface area contributed by atoms with E-state index in [-0.39, 0.29) is 18.0 Å². The van der Waals surface area contributed by atoms with E-state index in [1.807, 2.05) is 27.2 Å². The molecule has 1 aliphatic heterocycles. The fourth-order valence-corrected chi connectivity index (χ4v) is 3.81. The quantitative estimate of drug-likeness (QED) is 0.818. The first kappa shape index (κ1) is 18.1. The van der Waals surface area contributed by atoms with Gasteiger partial charge in [0.1, 0.15) is 0 Å². The Hall–Kier alpha value is -0.910. The van der Waals surface area contributed by atoms with Gasteiger partial charge in [0.05, 0.1) is 5.41 Å². The molecule has 2 amide bonds. The summed E-state index contributed by atoms with van der Waals surface area (Å²) >= 11 is 1.73. The molecule has 1 saturated heterocycles. The average Bonchev–Trinajstić information content (AvgIpc) is 2.89. The number of carbonyl (C=O) groups is 2. The Bertz CT molecular complexity index is 389. The second-order valence-electron chi connectivity index (χ2n) is 6.20. The third-order valence-electron chi connectivity index (χ3n) is 4.78.